The largest absolute Gasteiger partial charge is 0.463 e. The highest BCUT2D eigenvalue weighted by molar-refractivity contribution is 7.80. The summed E-state index contributed by atoms with van der Waals surface area (Å²) < 4.78 is 5.25. The molecule has 1 aromatic carbocycles. The maximum Gasteiger partial charge on any atom is 0.308 e. The number of nitrogens with zero attached hydrogens (tertiary/aromatic N) is 1. The molecule has 1 fully saturated rings. The van der Waals surface area contributed by atoms with Crippen LogP contribution in [-0.2, 0) is 14.3 Å². The van der Waals surface area contributed by atoms with Crippen LogP contribution in [0.3, 0.4) is 0 Å². The van der Waals surface area contributed by atoms with Crippen molar-refractivity contribution >= 4 is 58.3 Å². The quantitative estimate of drug-likeness (QED) is 0.534. The number of halogens is 2. The predicted molar refractivity (Wildman–Crippen MR) is 110 cm³/mol. The molecule has 0 spiro atoms. The number of piperazine rings is 1. The Balaban J connectivity index is 2.09. The molecule has 0 aliphatic carbocycles. The number of benzene rings is 1. The minimum Gasteiger partial charge on any atom is -0.463 e. The van der Waals surface area contributed by atoms with Gasteiger partial charge in [0, 0.05) is 18.1 Å². The molecule has 10 heteroatoms. The van der Waals surface area contributed by atoms with E-state index in [-0.39, 0.29) is 34.1 Å². The molecule has 1 aromatic rings. The van der Waals surface area contributed by atoms with E-state index in [1.807, 2.05) is 6.92 Å². The monoisotopic (exact) mass is 445 g/mol. The zero-order valence-corrected chi connectivity index (χ0v) is 17.8. The van der Waals surface area contributed by atoms with Gasteiger partial charge in [0.1, 0.15) is 6.04 Å². The highest BCUT2D eigenvalue weighted by atomic mass is 35.5. The second-order valence-corrected chi connectivity index (χ2v) is 7.53. The Bertz CT molecular complexity index is 790. The van der Waals surface area contributed by atoms with Gasteiger partial charge in [-0.1, -0.05) is 30.1 Å². The number of carbonyl (C=O) groups excluding carboxylic acids is 3. The second-order valence-electron chi connectivity index (χ2n) is 6.30. The smallest absolute Gasteiger partial charge is 0.308 e. The van der Waals surface area contributed by atoms with Crippen LogP contribution < -0.4 is 10.6 Å². The molecule has 1 heterocycles. The van der Waals surface area contributed by atoms with Gasteiger partial charge in [0.25, 0.3) is 5.91 Å². The van der Waals surface area contributed by atoms with Gasteiger partial charge in [-0.25, -0.2) is 0 Å². The van der Waals surface area contributed by atoms with Gasteiger partial charge < -0.3 is 15.0 Å². The van der Waals surface area contributed by atoms with Gasteiger partial charge in [-0.3, -0.25) is 19.7 Å². The molecular weight excluding hydrogens is 425 g/mol. The number of hydrogen-bond donors (Lipinski definition) is 2. The summed E-state index contributed by atoms with van der Waals surface area (Å²) in [6.07, 6.45) is 0.252. The van der Waals surface area contributed by atoms with Crippen molar-refractivity contribution in [2.75, 3.05) is 13.1 Å². The van der Waals surface area contributed by atoms with Crippen molar-refractivity contribution in [1.82, 2.24) is 15.5 Å². The zero-order chi connectivity index (χ0) is 20.8. The summed E-state index contributed by atoms with van der Waals surface area (Å²) in [5, 5.41) is 5.87. The number of thiocarbonyl (C=S) groups is 1. The van der Waals surface area contributed by atoms with Crippen LogP contribution in [0.2, 0.25) is 10.0 Å². The summed E-state index contributed by atoms with van der Waals surface area (Å²) in [7, 11) is 0. The first-order chi connectivity index (χ1) is 13.2. The van der Waals surface area contributed by atoms with Crippen molar-refractivity contribution in [2.45, 2.75) is 38.8 Å². The number of ether oxygens (including phenoxy) is 1. The summed E-state index contributed by atoms with van der Waals surface area (Å²) in [4.78, 5) is 38.4. The molecule has 2 N–H and O–H groups in total. The van der Waals surface area contributed by atoms with Gasteiger partial charge in [0.2, 0.25) is 5.91 Å². The van der Waals surface area contributed by atoms with Gasteiger partial charge in [0.15, 0.2) is 5.11 Å². The lowest BCUT2D eigenvalue weighted by atomic mass is 10.1. The van der Waals surface area contributed by atoms with E-state index in [0.717, 1.165) is 0 Å². The molecule has 0 aromatic heterocycles. The summed E-state index contributed by atoms with van der Waals surface area (Å²) in [5.41, 5.74) is 0.197. The van der Waals surface area contributed by atoms with Crippen molar-refractivity contribution < 1.29 is 19.1 Å². The molecule has 1 saturated heterocycles. The third-order valence-electron chi connectivity index (χ3n) is 4.26. The number of amides is 2. The van der Waals surface area contributed by atoms with Gasteiger partial charge in [-0.15, -0.1) is 0 Å². The van der Waals surface area contributed by atoms with E-state index in [1.165, 1.54) is 23.1 Å². The lowest BCUT2D eigenvalue weighted by molar-refractivity contribution is -0.151. The topological polar surface area (TPSA) is 87.7 Å². The number of carbonyl (C=O) groups is 3. The maximum absolute atomic E-state index is 12.5. The normalized spacial score (nSPS) is 17.5. The first kappa shape index (κ1) is 22.4. The van der Waals surface area contributed by atoms with Crippen molar-refractivity contribution in [2.24, 2.45) is 0 Å². The highest BCUT2D eigenvalue weighted by Gasteiger charge is 2.34. The van der Waals surface area contributed by atoms with Crippen LogP contribution in [0.25, 0.3) is 0 Å². The molecule has 1 aliphatic rings. The van der Waals surface area contributed by atoms with E-state index >= 15 is 0 Å². The molecule has 7 nitrogen and oxygen atoms in total. The fourth-order valence-electron chi connectivity index (χ4n) is 2.58. The third kappa shape index (κ3) is 5.80. The van der Waals surface area contributed by atoms with Crippen LogP contribution in [0.1, 0.15) is 37.0 Å². The average Bonchev–Trinajstić information content (AvgIpc) is 2.62. The van der Waals surface area contributed by atoms with Gasteiger partial charge in [-0.05, 0) is 43.8 Å². The SMILES string of the molecule is CCC(C)OC(=O)CC1C(=O)NCCN1C(=S)NC(=O)c1ccc(Cl)cc1Cl. The summed E-state index contributed by atoms with van der Waals surface area (Å²) in [6.45, 7) is 4.36. The van der Waals surface area contributed by atoms with Crippen LogP contribution in [0.15, 0.2) is 18.2 Å². The fourth-order valence-corrected chi connectivity index (χ4v) is 3.39. The van der Waals surface area contributed by atoms with E-state index in [0.29, 0.717) is 24.5 Å². The first-order valence-electron chi connectivity index (χ1n) is 8.77. The van der Waals surface area contributed by atoms with Crippen LogP contribution >= 0.6 is 35.4 Å². The molecule has 1 aliphatic heterocycles. The van der Waals surface area contributed by atoms with Crippen molar-refractivity contribution in [3.05, 3.63) is 33.8 Å². The zero-order valence-electron chi connectivity index (χ0n) is 15.5. The molecule has 0 bridgehead atoms. The van der Waals surface area contributed by atoms with E-state index < -0.39 is 17.9 Å². The van der Waals surface area contributed by atoms with Gasteiger partial charge >= 0.3 is 5.97 Å². The van der Waals surface area contributed by atoms with E-state index in [9.17, 15) is 14.4 Å². The minimum absolute atomic E-state index is 0.0345. The summed E-state index contributed by atoms with van der Waals surface area (Å²) in [6, 6.07) is 3.60. The van der Waals surface area contributed by atoms with Crippen LogP contribution in [0.4, 0.5) is 0 Å². The van der Waals surface area contributed by atoms with Crippen molar-refractivity contribution in [1.29, 1.82) is 0 Å². The lowest BCUT2D eigenvalue weighted by Gasteiger charge is -2.36. The molecule has 28 heavy (non-hydrogen) atoms. The Kier molecular flexibility index (Phi) is 8.03. The van der Waals surface area contributed by atoms with Crippen LogP contribution in [0.5, 0.6) is 0 Å². The van der Waals surface area contributed by atoms with Crippen molar-refractivity contribution in [3.63, 3.8) is 0 Å². The molecule has 0 saturated carbocycles. The van der Waals surface area contributed by atoms with E-state index in [2.05, 4.69) is 10.6 Å². The Morgan fingerprint density at radius 1 is 1.43 bits per heavy atom. The Morgan fingerprint density at radius 3 is 2.79 bits per heavy atom. The molecule has 2 amide bonds. The van der Waals surface area contributed by atoms with E-state index in [1.54, 1.807) is 6.92 Å². The molecule has 2 unspecified atom stereocenters. The van der Waals surface area contributed by atoms with Crippen molar-refractivity contribution in [3.8, 4) is 0 Å². The van der Waals surface area contributed by atoms with Crippen LogP contribution in [0, 0.1) is 0 Å². The number of nitrogens with one attached hydrogen (secondary N) is 2. The van der Waals surface area contributed by atoms with Crippen LogP contribution in [-0.4, -0.2) is 53.0 Å². The van der Waals surface area contributed by atoms with Gasteiger partial charge in [0.05, 0.1) is 23.1 Å². The Hall–Kier alpha value is -1.90. The molecule has 0 radical (unpaired) electrons. The number of rotatable bonds is 5. The molecule has 2 rings (SSSR count). The summed E-state index contributed by atoms with van der Waals surface area (Å²) >= 11 is 17.2. The standard InChI is InChI=1S/C18H21Cl2N3O4S/c1-3-10(2)27-15(24)9-14-17(26)21-6-7-23(14)18(28)22-16(25)12-5-4-11(19)8-13(12)20/h4-5,8,10,14H,3,6-7,9H2,1-2H3,(H,21,26)(H,22,25,28). The second kappa shape index (κ2) is 10.0. The van der Waals surface area contributed by atoms with E-state index in [4.69, 9.17) is 40.2 Å². The van der Waals surface area contributed by atoms with Gasteiger partial charge in [-0.2, -0.15) is 0 Å². The highest BCUT2D eigenvalue weighted by Crippen LogP contribution is 2.21. The predicted octanol–water partition coefficient (Wildman–Crippen LogP) is 2.54. The Labute approximate surface area is 178 Å². The maximum atomic E-state index is 12.5. The third-order valence-corrected chi connectivity index (χ3v) is 5.14. The number of esters is 1. The molecular formula is C18H21Cl2N3O4S. The first-order valence-corrected chi connectivity index (χ1v) is 9.93. The molecule has 2 atom stereocenters. The minimum atomic E-state index is -0.862. The number of hydrogen-bond acceptors (Lipinski definition) is 5. The fraction of sp³-hybridized carbons (Fsp3) is 0.444. The average molecular weight is 446 g/mol. The Morgan fingerprint density at radius 2 is 2.14 bits per heavy atom. The summed E-state index contributed by atoms with van der Waals surface area (Å²) in [5.74, 6) is -1.39. The lowest BCUT2D eigenvalue weighted by Crippen LogP contribution is -2.60. The molecule has 152 valence electrons.